The molecule has 0 radical (unpaired) electrons. The van der Waals surface area contributed by atoms with Crippen molar-refractivity contribution in [2.45, 2.75) is 97.3 Å². The summed E-state index contributed by atoms with van der Waals surface area (Å²) in [6.07, 6.45) is 17.7. The number of hydrogen-bond donors (Lipinski definition) is 1. The monoisotopic (exact) mass is 464 g/mol. The van der Waals surface area contributed by atoms with Crippen LogP contribution >= 0.6 is 0 Å². The van der Waals surface area contributed by atoms with E-state index in [0.29, 0.717) is 21.7 Å². The summed E-state index contributed by atoms with van der Waals surface area (Å²) >= 11 is 0. The maximum absolute atomic E-state index is 13.5. The van der Waals surface area contributed by atoms with Gasteiger partial charge in [0.25, 0.3) is 5.56 Å². The number of aromatic nitrogens is 2. The first-order valence-electron chi connectivity index (χ1n) is 14.1. The van der Waals surface area contributed by atoms with E-state index in [2.05, 4.69) is 23.8 Å². The first-order valence-corrected chi connectivity index (χ1v) is 14.1. The SMILES string of the molecule is CC12CCCCC1CCC1C2CCC2(C)C(CCCc3nc4ccc(F)cc4c(=O)[nH]3)CCC12. The molecular weight excluding hydrogens is 423 g/mol. The Morgan fingerprint density at radius 1 is 1.00 bits per heavy atom. The second kappa shape index (κ2) is 8.45. The van der Waals surface area contributed by atoms with Crippen LogP contribution in [0.15, 0.2) is 23.0 Å². The number of halogens is 1. The highest BCUT2D eigenvalue weighted by molar-refractivity contribution is 5.77. The Morgan fingerprint density at radius 3 is 2.74 bits per heavy atom. The largest absolute Gasteiger partial charge is 0.310 e. The third kappa shape index (κ3) is 3.57. The fourth-order valence-corrected chi connectivity index (χ4v) is 9.67. The lowest BCUT2D eigenvalue weighted by Gasteiger charge is -2.60. The second-order valence-corrected chi connectivity index (χ2v) is 12.8. The molecule has 0 bridgehead atoms. The van der Waals surface area contributed by atoms with Crippen LogP contribution in [0, 0.1) is 46.2 Å². The Morgan fingerprint density at radius 2 is 1.85 bits per heavy atom. The zero-order chi connectivity index (χ0) is 23.5. The molecule has 1 N–H and O–H groups in total. The maximum atomic E-state index is 13.5. The van der Waals surface area contributed by atoms with Crippen molar-refractivity contribution in [1.82, 2.24) is 9.97 Å². The van der Waals surface area contributed by atoms with Gasteiger partial charge >= 0.3 is 0 Å². The number of nitrogens with zero attached hydrogens (tertiary/aromatic N) is 1. The molecule has 1 heterocycles. The Bertz CT molecular complexity index is 1130. The first-order chi connectivity index (χ1) is 16.4. The topological polar surface area (TPSA) is 45.8 Å². The number of aromatic amines is 1. The molecule has 3 nitrogen and oxygen atoms in total. The predicted molar refractivity (Wildman–Crippen MR) is 135 cm³/mol. The van der Waals surface area contributed by atoms with Crippen LogP contribution in [0.25, 0.3) is 10.9 Å². The first kappa shape index (κ1) is 22.7. The summed E-state index contributed by atoms with van der Waals surface area (Å²) in [5.74, 6) is 5.01. The number of H-pyrrole nitrogens is 1. The lowest BCUT2D eigenvalue weighted by molar-refractivity contribution is -0.111. The van der Waals surface area contributed by atoms with E-state index < -0.39 is 5.82 Å². The van der Waals surface area contributed by atoms with Gasteiger partial charge in [-0.15, -0.1) is 0 Å². The zero-order valence-corrected chi connectivity index (χ0v) is 21.0. The molecule has 34 heavy (non-hydrogen) atoms. The molecule has 184 valence electrons. The molecule has 6 rings (SSSR count). The summed E-state index contributed by atoms with van der Waals surface area (Å²) in [6.45, 7) is 5.31. The number of aryl methyl sites for hydroxylation is 1. The average Bonchev–Trinajstić information content (AvgIpc) is 3.15. The summed E-state index contributed by atoms with van der Waals surface area (Å²) in [5, 5.41) is 0.341. The minimum absolute atomic E-state index is 0.225. The zero-order valence-electron chi connectivity index (χ0n) is 21.0. The summed E-state index contributed by atoms with van der Waals surface area (Å²) in [6, 6.07) is 4.28. The summed E-state index contributed by atoms with van der Waals surface area (Å²) < 4.78 is 13.5. The Balaban J connectivity index is 1.13. The number of rotatable bonds is 4. The molecule has 4 aliphatic carbocycles. The minimum atomic E-state index is -0.391. The number of benzene rings is 1. The van der Waals surface area contributed by atoms with Crippen LogP contribution in [0.4, 0.5) is 4.39 Å². The highest BCUT2D eigenvalue weighted by atomic mass is 19.1. The van der Waals surface area contributed by atoms with E-state index in [1.54, 1.807) is 6.07 Å². The van der Waals surface area contributed by atoms with Gasteiger partial charge in [0.05, 0.1) is 10.9 Å². The lowest BCUT2D eigenvalue weighted by atomic mass is 9.45. The van der Waals surface area contributed by atoms with Crippen molar-refractivity contribution in [3.63, 3.8) is 0 Å². The lowest BCUT2D eigenvalue weighted by Crippen LogP contribution is -2.52. The van der Waals surface area contributed by atoms with E-state index in [0.717, 1.165) is 48.3 Å². The minimum Gasteiger partial charge on any atom is -0.310 e. The van der Waals surface area contributed by atoms with Gasteiger partial charge < -0.3 is 4.98 Å². The maximum Gasteiger partial charge on any atom is 0.258 e. The average molecular weight is 465 g/mol. The summed E-state index contributed by atoms with van der Waals surface area (Å²) in [7, 11) is 0. The molecule has 4 fully saturated rings. The van der Waals surface area contributed by atoms with Crippen LogP contribution in [0.3, 0.4) is 0 Å². The molecule has 1 aromatic carbocycles. The van der Waals surface area contributed by atoms with Gasteiger partial charge in [0.15, 0.2) is 0 Å². The van der Waals surface area contributed by atoms with Gasteiger partial charge in [-0.1, -0.05) is 26.7 Å². The molecule has 4 aliphatic rings. The predicted octanol–water partition coefficient (Wildman–Crippen LogP) is 7.43. The molecule has 0 spiro atoms. The third-order valence-electron chi connectivity index (χ3n) is 11.5. The van der Waals surface area contributed by atoms with Gasteiger partial charge in [0.2, 0.25) is 0 Å². The second-order valence-electron chi connectivity index (χ2n) is 12.8. The van der Waals surface area contributed by atoms with Gasteiger partial charge in [0, 0.05) is 6.42 Å². The Labute approximate surface area is 203 Å². The van der Waals surface area contributed by atoms with Crippen molar-refractivity contribution in [2.75, 3.05) is 0 Å². The van der Waals surface area contributed by atoms with Crippen LogP contribution in [-0.2, 0) is 6.42 Å². The molecule has 0 saturated heterocycles. The van der Waals surface area contributed by atoms with Crippen LogP contribution in [-0.4, -0.2) is 9.97 Å². The molecule has 4 heteroatoms. The van der Waals surface area contributed by atoms with E-state index >= 15 is 0 Å². The smallest absolute Gasteiger partial charge is 0.258 e. The van der Waals surface area contributed by atoms with Crippen molar-refractivity contribution in [2.24, 2.45) is 40.4 Å². The quantitative estimate of drug-likeness (QED) is 0.511. The van der Waals surface area contributed by atoms with E-state index in [1.807, 2.05) is 0 Å². The summed E-state index contributed by atoms with van der Waals surface area (Å²) in [5.41, 5.74) is 1.49. The number of fused-ring (bicyclic) bond motifs is 6. The fourth-order valence-electron chi connectivity index (χ4n) is 9.67. The van der Waals surface area contributed by atoms with Gasteiger partial charge in [-0.2, -0.15) is 0 Å². The Hall–Kier alpha value is -1.71. The molecular formula is C30H41FN2O. The van der Waals surface area contributed by atoms with E-state index in [4.69, 9.17) is 0 Å². The van der Waals surface area contributed by atoms with Crippen molar-refractivity contribution in [1.29, 1.82) is 0 Å². The molecule has 4 saturated carbocycles. The van der Waals surface area contributed by atoms with Crippen molar-refractivity contribution in [3.05, 3.63) is 40.2 Å². The summed E-state index contributed by atoms with van der Waals surface area (Å²) in [4.78, 5) is 19.9. The van der Waals surface area contributed by atoms with Crippen molar-refractivity contribution < 1.29 is 4.39 Å². The number of nitrogens with one attached hydrogen (secondary N) is 1. The van der Waals surface area contributed by atoms with E-state index in [9.17, 15) is 9.18 Å². The van der Waals surface area contributed by atoms with Gasteiger partial charge in [-0.25, -0.2) is 9.37 Å². The van der Waals surface area contributed by atoms with Crippen LogP contribution < -0.4 is 5.56 Å². The highest BCUT2D eigenvalue weighted by Gasteiger charge is 2.59. The Kier molecular flexibility index (Phi) is 5.65. The molecule has 7 atom stereocenters. The molecule has 7 unspecified atom stereocenters. The van der Waals surface area contributed by atoms with Crippen molar-refractivity contribution >= 4 is 10.9 Å². The van der Waals surface area contributed by atoms with Gasteiger partial charge in [-0.3, -0.25) is 4.79 Å². The van der Waals surface area contributed by atoms with Crippen molar-refractivity contribution in [3.8, 4) is 0 Å². The van der Waals surface area contributed by atoms with Crippen LogP contribution in [0.1, 0.15) is 96.7 Å². The van der Waals surface area contributed by atoms with E-state index in [1.165, 1.54) is 82.8 Å². The van der Waals surface area contributed by atoms with E-state index in [-0.39, 0.29) is 5.56 Å². The third-order valence-corrected chi connectivity index (χ3v) is 11.5. The molecule has 2 aromatic rings. The van der Waals surface area contributed by atoms with Gasteiger partial charge in [-0.05, 0) is 123 Å². The highest BCUT2D eigenvalue weighted by Crippen LogP contribution is 2.67. The van der Waals surface area contributed by atoms with Crippen LogP contribution in [0.2, 0.25) is 0 Å². The molecule has 0 aliphatic heterocycles. The van der Waals surface area contributed by atoms with Gasteiger partial charge in [0.1, 0.15) is 11.6 Å². The van der Waals surface area contributed by atoms with Crippen LogP contribution in [0.5, 0.6) is 0 Å². The normalized spacial score (nSPS) is 39.4. The fraction of sp³-hybridized carbons (Fsp3) is 0.733. The standard InChI is InChI=1S/C30H41FN2O/c1-29-16-4-3-6-19(29)9-12-22-24-13-10-20(30(24,2)17-15-25(22)29)7-5-8-27-32-26-14-11-21(31)18-23(26)28(34)33-27/h11,14,18-20,22,24-25H,3-10,12-13,15-17H2,1-2H3,(H,32,33,34). The number of hydrogen-bond acceptors (Lipinski definition) is 2. The molecule has 1 aromatic heterocycles. The molecule has 0 amide bonds.